The average Bonchev–Trinajstić information content (AvgIpc) is 2.89. The lowest BCUT2D eigenvalue weighted by Crippen LogP contribution is -2.23. The van der Waals surface area contributed by atoms with Gasteiger partial charge in [-0.1, -0.05) is 30.0 Å². The lowest BCUT2D eigenvalue weighted by atomic mass is 10.1. The van der Waals surface area contributed by atoms with Gasteiger partial charge in [0.15, 0.2) is 21.2 Å². The maximum atomic E-state index is 13.8. The Morgan fingerprint density at radius 1 is 1.05 bits per heavy atom. The number of aromatic carboxylic acids is 1. The van der Waals surface area contributed by atoms with Gasteiger partial charge in [-0.15, -0.1) is 0 Å². The summed E-state index contributed by atoms with van der Waals surface area (Å²) >= 11 is 0.730. The van der Waals surface area contributed by atoms with Crippen molar-refractivity contribution in [1.82, 2.24) is 4.57 Å². The number of nitrogens with zero attached hydrogens (tertiary/aromatic N) is 1. The number of halogens is 1. The SMILES string of the molecule is CS(=O)(=O)c1ccc2c3oc(=O)c(Sc4cccc(C(=O)O)c4)c(O)c3c(=O)n(Cc3ccc(F)cc3)c2c1. The van der Waals surface area contributed by atoms with Crippen LogP contribution in [-0.4, -0.2) is 35.4 Å². The van der Waals surface area contributed by atoms with Crippen molar-refractivity contribution in [2.45, 2.75) is 21.2 Å². The average molecular weight is 568 g/mol. The van der Waals surface area contributed by atoms with Gasteiger partial charge in [0.1, 0.15) is 16.1 Å². The first-order valence-electron chi connectivity index (χ1n) is 11.3. The Kier molecular flexibility index (Phi) is 6.52. The fraction of sp³-hybridized carbons (Fsp3) is 0.0741. The van der Waals surface area contributed by atoms with Gasteiger partial charge in [-0.3, -0.25) is 4.79 Å². The highest BCUT2D eigenvalue weighted by Crippen LogP contribution is 2.37. The normalized spacial score (nSPS) is 11.7. The third kappa shape index (κ3) is 4.91. The van der Waals surface area contributed by atoms with E-state index in [1.807, 2.05) is 0 Å². The number of hydrogen-bond acceptors (Lipinski definition) is 8. The molecule has 0 saturated heterocycles. The van der Waals surface area contributed by atoms with Gasteiger partial charge in [0, 0.05) is 16.5 Å². The second-order valence-electron chi connectivity index (χ2n) is 8.68. The first-order chi connectivity index (χ1) is 18.4. The van der Waals surface area contributed by atoms with E-state index in [2.05, 4.69) is 0 Å². The summed E-state index contributed by atoms with van der Waals surface area (Å²) in [6, 6.07) is 14.9. The van der Waals surface area contributed by atoms with Gasteiger partial charge < -0.3 is 19.2 Å². The minimum absolute atomic E-state index is 0.0426. The molecule has 3 aromatic carbocycles. The Hall–Kier alpha value is -4.42. The van der Waals surface area contributed by atoms with Crippen molar-refractivity contribution in [2.75, 3.05) is 6.26 Å². The van der Waals surface area contributed by atoms with Crippen LogP contribution in [0.2, 0.25) is 0 Å². The van der Waals surface area contributed by atoms with Crippen LogP contribution in [-0.2, 0) is 16.4 Å². The van der Waals surface area contributed by atoms with E-state index in [-0.39, 0.29) is 43.8 Å². The molecular formula is C27H18FNO8S2. The highest BCUT2D eigenvalue weighted by atomic mass is 32.2. The van der Waals surface area contributed by atoms with Crippen LogP contribution in [0.3, 0.4) is 0 Å². The molecule has 0 saturated carbocycles. The molecule has 0 aliphatic carbocycles. The summed E-state index contributed by atoms with van der Waals surface area (Å²) < 4.78 is 44.7. The smallest absolute Gasteiger partial charge is 0.354 e. The molecule has 198 valence electrons. The minimum atomic E-state index is -3.67. The number of sulfone groups is 1. The number of pyridine rings is 1. The fourth-order valence-corrected chi connectivity index (χ4v) is 5.66. The molecule has 0 radical (unpaired) electrons. The second kappa shape index (κ2) is 9.71. The summed E-state index contributed by atoms with van der Waals surface area (Å²) in [6.07, 6.45) is 1.01. The Morgan fingerprint density at radius 3 is 2.44 bits per heavy atom. The van der Waals surface area contributed by atoms with E-state index in [9.17, 15) is 37.4 Å². The monoisotopic (exact) mass is 567 g/mol. The maximum Gasteiger partial charge on any atom is 0.354 e. The van der Waals surface area contributed by atoms with Crippen LogP contribution in [0.4, 0.5) is 4.39 Å². The van der Waals surface area contributed by atoms with E-state index in [0.29, 0.717) is 10.5 Å². The lowest BCUT2D eigenvalue weighted by Gasteiger charge is -2.15. The summed E-state index contributed by atoms with van der Waals surface area (Å²) in [5.74, 6) is -2.34. The zero-order valence-electron chi connectivity index (χ0n) is 20.0. The van der Waals surface area contributed by atoms with E-state index in [0.717, 1.165) is 18.0 Å². The van der Waals surface area contributed by atoms with Crippen LogP contribution >= 0.6 is 11.8 Å². The Bertz CT molecular complexity index is 2030. The van der Waals surface area contributed by atoms with Crippen LogP contribution in [0.5, 0.6) is 5.75 Å². The summed E-state index contributed by atoms with van der Waals surface area (Å²) in [7, 11) is -3.67. The third-order valence-electron chi connectivity index (χ3n) is 6.01. The quantitative estimate of drug-likeness (QED) is 0.288. The molecule has 5 rings (SSSR count). The van der Waals surface area contributed by atoms with Gasteiger partial charge in [0.25, 0.3) is 5.56 Å². The molecular weight excluding hydrogens is 549 g/mol. The van der Waals surface area contributed by atoms with E-state index < -0.39 is 38.6 Å². The number of rotatable bonds is 6. The van der Waals surface area contributed by atoms with Crippen molar-refractivity contribution in [3.63, 3.8) is 0 Å². The van der Waals surface area contributed by atoms with Gasteiger partial charge in [-0.25, -0.2) is 22.4 Å². The molecule has 0 bridgehead atoms. The van der Waals surface area contributed by atoms with Crippen LogP contribution in [0.25, 0.3) is 21.9 Å². The molecule has 0 amide bonds. The van der Waals surface area contributed by atoms with E-state index in [1.54, 1.807) is 0 Å². The molecule has 2 aromatic heterocycles. The van der Waals surface area contributed by atoms with Gasteiger partial charge in [0.2, 0.25) is 0 Å². The molecule has 0 unspecified atom stereocenters. The molecule has 39 heavy (non-hydrogen) atoms. The zero-order valence-corrected chi connectivity index (χ0v) is 21.7. The van der Waals surface area contributed by atoms with Gasteiger partial charge >= 0.3 is 11.6 Å². The summed E-state index contributed by atoms with van der Waals surface area (Å²) in [4.78, 5) is 38.0. The largest absolute Gasteiger partial charge is 0.505 e. The number of aromatic hydroxyl groups is 1. The molecule has 2 N–H and O–H groups in total. The molecule has 5 aromatic rings. The first-order valence-corrected chi connectivity index (χ1v) is 14.0. The number of benzene rings is 3. The number of carboxylic acids is 1. The standard InChI is InChI=1S/C27H18FNO8S2/c1-39(35,36)18-9-10-19-20(12-18)29(13-14-5-7-16(28)8-6-14)25(31)21-22(30)24(27(34)37-23(19)21)38-17-4-2-3-15(11-17)26(32)33/h2-12,30H,13H2,1H3,(H,32,33). The maximum absolute atomic E-state index is 13.8. The first kappa shape index (κ1) is 26.2. The van der Waals surface area contributed by atoms with Gasteiger partial charge in [0.05, 0.1) is 22.5 Å². The van der Waals surface area contributed by atoms with Crippen LogP contribution in [0.1, 0.15) is 15.9 Å². The van der Waals surface area contributed by atoms with Crippen LogP contribution < -0.4 is 11.2 Å². The molecule has 0 atom stereocenters. The van der Waals surface area contributed by atoms with E-state index >= 15 is 0 Å². The summed E-state index contributed by atoms with van der Waals surface area (Å²) in [5.41, 5.74) is -1.40. The van der Waals surface area contributed by atoms with E-state index in [1.165, 1.54) is 71.3 Å². The highest BCUT2D eigenvalue weighted by molar-refractivity contribution is 7.99. The number of carboxylic acid groups (broad SMARTS) is 1. The van der Waals surface area contributed by atoms with Gasteiger partial charge in [-0.2, -0.15) is 0 Å². The van der Waals surface area contributed by atoms with Crippen molar-refractivity contribution in [1.29, 1.82) is 0 Å². The molecule has 9 nitrogen and oxygen atoms in total. The predicted octanol–water partition coefficient (Wildman–Crippen LogP) is 4.25. The van der Waals surface area contributed by atoms with Crippen molar-refractivity contribution < 1.29 is 32.2 Å². The zero-order chi connectivity index (χ0) is 28.1. The fourth-order valence-electron chi connectivity index (χ4n) is 4.13. The number of hydrogen-bond donors (Lipinski definition) is 2. The van der Waals surface area contributed by atoms with Crippen LogP contribution in [0, 0.1) is 5.82 Å². The lowest BCUT2D eigenvalue weighted by molar-refractivity contribution is 0.0696. The molecule has 2 heterocycles. The number of carbonyl (C=O) groups is 1. The van der Waals surface area contributed by atoms with Crippen LogP contribution in [0.15, 0.2) is 95.4 Å². The highest BCUT2D eigenvalue weighted by Gasteiger charge is 2.24. The Morgan fingerprint density at radius 2 is 1.77 bits per heavy atom. The molecule has 0 aliphatic heterocycles. The number of fused-ring (bicyclic) bond motifs is 3. The van der Waals surface area contributed by atoms with E-state index in [4.69, 9.17) is 4.42 Å². The molecule has 0 spiro atoms. The third-order valence-corrected chi connectivity index (χ3v) is 8.17. The molecule has 0 fully saturated rings. The summed E-state index contributed by atoms with van der Waals surface area (Å²) in [5, 5.41) is 20.3. The molecule has 12 heteroatoms. The van der Waals surface area contributed by atoms with Gasteiger partial charge in [-0.05, 0) is 54.1 Å². The molecule has 0 aliphatic rings. The Balaban J connectivity index is 1.80. The Labute approximate surface area is 223 Å². The predicted molar refractivity (Wildman–Crippen MR) is 142 cm³/mol. The van der Waals surface area contributed by atoms with Crippen molar-refractivity contribution in [3.05, 3.63) is 104 Å². The minimum Gasteiger partial charge on any atom is -0.505 e. The van der Waals surface area contributed by atoms with Crippen molar-refractivity contribution in [2.24, 2.45) is 0 Å². The van der Waals surface area contributed by atoms with Crippen molar-refractivity contribution in [3.8, 4) is 5.75 Å². The second-order valence-corrected chi connectivity index (χ2v) is 11.8. The topological polar surface area (TPSA) is 144 Å². The number of aromatic nitrogens is 1. The summed E-state index contributed by atoms with van der Waals surface area (Å²) in [6.45, 7) is -0.111. The van der Waals surface area contributed by atoms with Crippen molar-refractivity contribution >= 4 is 49.4 Å².